The summed E-state index contributed by atoms with van der Waals surface area (Å²) >= 11 is 1.22. The summed E-state index contributed by atoms with van der Waals surface area (Å²) in [5.41, 5.74) is 4.97. The fraction of sp³-hybridized carbons (Fsp3) is 0.200. The third-order valence-corrected chi connectivity index (χ3v) is 3.95. The Labute approximate surface area is 128 Å². The largest absolute Gasteiger partial charge is 0.416 e. The zero-order chi connectivity index (χ0) is 16.3. The van der Waals surface area contributed by atoms with E-state index in [1.54, 1.807) is 5.38 Å². The maximum atomic E-state index is 12.6. The first-order valence-corrected chi connectivity index (χ1v) is 7.19. The summed E-state index contributed by atoms with van der Waals surface area (Å²) in [6, 6.07) is 6.18. The van der Waals surface area contributed by atoms with Crippen LogP contribution in [0.5, 0.6) is 0 Å². The average molecular weight is 327 g/mol. The second kappa shape index (κ2) is 6.31. The van der Waals surface area contributed by atoms with Gasteiger partial charge in [-0.2, -0.15) is 13.2 Å². The number of carbonyl (C=O) groups excluding carboxylic acids is 2. The van der Waals surface area contributed by atoms with Gasteiger partial charge in [0.15, 0.2) is 0 Å². The van der Waals surface area contributed by atoms with Gasteiger partial charge in [0.25, 0.3) is 0 Å². The Morgan fingerprint density at radius 2 is 1.86 bits per heavy atom. The van der Waals surface area contributed by atoms with E-state index < -0.39 is 17.6 Å². The summed E-state index contributed by atoms with van der Waals surface area (Å²) in [5, 5.41) is 1.65. The first-order chi connectivity index (χ1) is 10.3. The molecular formula is C15H12F3NO2S. The van der Waals surface area contributed by atoms with E-state index >= 15 is 0 Å². The standard InChI is InChI=1S/C15H12F3NO2S/c16-15(17,18)10-3-1-2-9(6-10)7-11(20)8-13-12(14(19)21)4-5-22-13/h1-6H,7-8H2,(H2,19,21). The van der Waals surface area contributed by atoms with Gasteiger partial charge in [-0.1, -0.05) is 18.2 Å². The molecule has 1 heterocycles. The molecule has 2 N–H and O–H groups in total. The molecule has 1 aromatic carbocycles. The lowest BCUT2D eigenvalue weighted by Gasteiger charge is -2.08. The van der Waals surface area contributed by atoms with Crippen LogP contribution in [0.25, 0.3) is 0 Å². The molecule has 0 atom stereocenters. The number of hydrogen-bond acceptors (Lipinski definition) is 3. The number of amides is 1. The molecule has 0 unspecified atom stereocenters. The van der Waals surface area contributed by atoms with Crippen LogP contribution in [0.1, 0.15) is 26.4 Å². The molecule has 0 radical (unpaired) electrons. The Morgan fingerprint density at radius 3 is 2.50 bits per heavy atom. The van der Waals surface area contributed by atoms with Crippen molar-refractivity contribution in [3.63, 3.8) is 0 Å². The van der Waals surface area contributed by atoms with Crippen LogP contribution in [-0.4, -0.2) is 11.7 Å². The molecule has 0 fully saturated rings. The molecule has 0 bridgehead atoms. The molecule has 0 saturated carbocycles. The summed E-state index contributed by atoms with van der Waals surface area (Å²) in [6.45, 7) is 0. The van der Waals surface area contributed by atoms with Gasteiger partial charge in [-0.3, -0.25) is 9.59 Å². The minimum atomic E-state index is -4.44. The van der Waals surface area contributed by atoms with Crippen LogP contribution in [-0.2, 0) is 23.8 Å². The number of primary amides is 1. The number of benzene rings is 1. The first-order valence-electron chi connectivity index (χ1n) is 6.31. The number of halogens is 3. The van der Waals surface area contributed by atoms with Crippen molar-refractivity contribution in [2.75, 3.05) is 0 Å². The van der Waals surface area contributed by atoms with Crippen LogP contribution in [0.4, 0.5) is 13.2 Å². The van der Waals surface area contributed by atoms with Gasteiger partial charge >= 0.3 is 6.18 Å². The Morgan fingerprint density at radius 1 is 1.14 bits per heavy atom. The highest BCUT2D eigenvalue weighted by Gasteiger charge is 2.30. The Bertz CT molecular complexity index is 707. The molecule has 3 nitrogen and oxygen atoms in total. The molecule has 0 spiro atoms. The van der Waals surface area contributed by atoms with Crippen LogP contribution in [0.15, 0.2) is 35.7 Å². The molecule has 0 aliphatic heterocycles. The molecule has 116 valence electrons. The van der Waals surface area contributed by atoms with E-state index in [1.165, 1.54) is 29.5 Å². The van der Waals surface area contributed by atoms with Crippen molar-refractivity contribution >= 4 is 23.0 Å². The molecule has 7 heteroatoms. The summed E-state index contributed by atoms with van der Waals surface area (Å²) in [5.74, 6) is -0.896. The molecular weight excluding hydrogens is 315 g/mol. The van der Waals surface area contributed by atoms with Gasteiger partial charge < -0.3 is 5.73 Å². The smallest absolute Gasteiger partial charge is 0.366 e. The van der Waals surface area contributed by atoms with E-state index in [9.17, 15) is 22.8 Å². The molecule has 1 aromatic heterocycles. The highest BCUT2D eigenvalue weighted by molar-refractivity contribution is 7.10. The van der Waals surface area contributed by atoms with Gasteiger partial charge in [0.1, 0.15) is 5.78 Å². The number of nitrogens with two attached hydrogens (primary N) is 1. The third-order valence-electron chi connectivity index (χ3n) is 3.02. The fourth-order valence-electron chi connectivity index (χ4n) is 2.02. The third kappa shape index (κ3) is 3.94. The lowest BCUT2D eigenvalue weighted by Crippen LogP contribution is -2.14. The summed E-state index contributed by atoms with van der Waals surface area (Å²) in [7, 11) is 0. The van der Waals surface area contributed by atoms with Crippen LogP contribution < -0.4 is 5.73 Å². The van der Waals surface area contributed by atoms with Gasteiger partial charge in [-0.25, -0.2) is 0 Å². The van der Waals surface area contributed by atoms with E-state index in [1.807, 2.05) is 0 Å². The number of hydrogen-bond donors (Lipinski definition) is 1. The van der Waals surface area contributed by atoms with E-state index in [0.29, 0.717) is 4.88 Å². The van der Waals surface area contributed by atoms with Crippen LogP contribution in [0.2, 0.25) is 0 Å². The van der Waals surface area contributed by atoms with Gasteiger partial charge in [-0.15, -0.1) is 11.3 Å². The Hall–Kier alpha value is -2.15. The molecule has 2 rings (SSSR count). The molecule has 0 aliphatic rings. The number of ketones is 1. The van der Waals surface area contributed by atoms with Crippen LogP contribution >= 0.6 is 11.3 Å². The van der Waals surface area contributed by atoms with Crippen molar-refractivity contribution in [2.24, 2.45) is 5.73 Å². The van der Waals surface area contributed by atoms with Gasteiger partial charge in [-0.05, 0) is 23.1 Å². The van der Waals surface area contributed by atoms with Gasteiger partial charge in [0, 0.05) is 17.7 Å². The number of rotatable bonds is 5. The van der Waals surface area contributed by atoms with Crippen molar-refractivity contribution in [3.05, 3.63) is 57.3 Å². The monoisotopic (exact) mass is 327 g/mol. The summed E-state index contributed by atoms with van der Waals surface area (Å²) < 4.78 is 37.9. The number of Topliss-reactive ketones (excluding diaryl/α,β-unsaturated/α-hetero) is 1. The predicted molar refractivity (Wildman–Crippen MR) is 76.7 cm³/mol. The van der Waals surface area contributed by atoms with Crippen LogP contribution in [0.3, 0.4) is 0 Å². The number of thiophene rings is 1. The van der Waals surface area contributed by atoms with E-state index in [2.05, 4.69) is 0 Å². The highest BCUT2D eigenvalue weighted by atomic mass is 32.1. The van der Waals surface area contributed by atoms with Gasteiger partial charge in [0.05, 0.1) is 11.1 Å². The first kappa shape index (κ1) is 16.2. The Kier molecular flexibility index (Phi) is 4.65. The topological polar surface area (TPSA) is 60.2 Å². The lowest BCUT2D eigenvalue weighted by atomic mass is 10.0. The SMILES string of the molecule is NC(=O)c1ccsc1CC(=O)Cc1cccc(C(F)(F)F)c1. The zero-order valence-corrected chi connectivity index (χ0v) is 12.1. The van der Waals surface area contributed by atoms with Gasteiger partial charge in [0.2, 0.25) is 5.91 Å². The van der Waals surface area contributed by atoms with Crippen molar-refractivity contribution in [2.45, 2.75) is 19.0 Å². The van der Waals surface area contributed by atoms with Crippen molar-refractivity contribution < 1.29 is 22.8 Å². The predicted octanol–water partition coefficient (Wildman–Crippen LogP) is 3.22. The maximum absolute atomic E-state index is 12.6. The fourth-order valence-corrected chi connectivity index (χ4v) is 2.93. The summed E-state index contributed by atoms with van der Waals surface area (Å²) in [4.78, 5) is 23.7. The molecule has 22 heavy (non-hydrogen) atoms. The number of carbonyl (C=O) groups is 2. The minimum absolute atomic E-state index is 0.0216. The van der Waals surface area contributed by atoms with E-state index in [-0.39, 0.29) is 29.8 Å². The van der Waals surface area contributed by atoms with Crippen molar-refractivity contribution in [1.29, 1.82) is 0 Å². The van der Waals surface area contributed by atoms with Crippen LogP contribution in [0, 0.1) is 0 Å². The molecule has 2 aromatic rings. The quantitative estimate of drug-likeness (QED) is 0.916. The normalized spacial score (nSPS) is 11.4. The highest BCUT2D eigenvalue weighted by Crippen LogP contribution is 2.29. The minimum Gasteiger partial charge on any atom is -0.366 e. The van der Waals surface area contributed by atoms with E-state index in [4.69, 9.17) is 5.73 Å². The van der Waals surface area contributed by atoms with Crippen molar-refractivity contribution in [1.82, 2.24) is 0 Å². The van der Waals surface area contributed by atoms with E-state index in [0.717, 1.165) is 12.1 Å². The number of alkyl halides is 3. The van der Waals surface area contributed by atoms with Crippen molar-refractivity contribution in [3.8, 4) is 0 Å². The molecule has 0 saturated heterocycles. The Balaban J connectivity index is 2.09. The second-order valence-electron chi connectivity index (χ2n) is 4.71. The molecule has 1 amide bonds. The lowest BCUT2D eigenvalue weighted by molar-refractivity contribution is -0.137. The average Bonchev–Trinajstić information content (AvgIpc) is 2.86. The summed E-state index contributed by atoms with van der Waals surface area (Å²) in [6.07, 6.45) is -4.59. The second-order valence-corrected chi connectivity index (χ2v) is 5.71. The maximum Gasteiger partial charge on any atom is 0.416 e. The molecule has 0 aliphatic carbocycles. The zero-order valence-electron chi connectivity index (χ0n) is 11.3.